The zero-order valence-electron chi connectivity index (χ0n) is 16.9. The van der Waals surface area contributed by atoms with Crippen LogP contribution < -0.4 is 10.1 Å². The number of hydrogen-bond donors (Lipinski definition) is 1. The molecule has 9 heteroatoms. The van der Waals surface area contributed by atoms with Crippen LogP contribution in [0.1, 0.15) is 19.5 Å². The summed E-state index contributed by atoms with van der Waals surface area (Å²) in [6, 6.07) is 13.1. The number of nitrogens with zero attached hydrogens (tertiary/aromatic N) is 3. The molecule has 0 atom stereocenters. The van der Waals surface area contributed by atoms with Gasteiger partial charge in [0.2, 0.25) is 4.96 Å². The van der Waals surface area contributed by atoms with E-state index in [1.165, 1.54) is 23.5 Å². The second-order valence-electron chi connectivity index (χ2n) is 7.44. The van der Waals surface area contributed by atoms with Crippen LogP contribution in [0.25, 0.3) is 16.3 Å². The second kappa shape index (κ2) is 8.64. The monoisotopic (exact) mass is 458 g/mol. The Labute approximate surface area is 187 Å². The van der Waals surface area contributed by atoms with Gasteiger partial charge in [0.25, 0.3) is 5.91 Å². The average Bonchev–Trinajstić information content (AvgIpc) is 3.31. The quantitative estimate of drug-likeness (QED) is 0.433. The average molecular weight is 459 g/mol. The van der Waals surface area contributed by atoms with Crippen molar-refractivity contribution in [2.24, 2.45) is 0 Å². The molecule has 31 heavy (non-hydrogen) atoms. The van der Waals surface area contributed by atoms with E-state index in [-0.39, 0.29) is 11.7 Å². The van der Waals surface area contributed by atoms with Gasteiger partial charge in [-0.1, -0.05) is 23.7 Å². The van der Waals surface area contributed by atoms with Crippen LogP contribution in [0.3, 0.4) is 0 Å². The van der Waals surface area contributed by atoms with E-state index < -0.39 is 5.60 Å². The largest absolute Gasteiger partial charge is 0.478 e. The summed E-state index contributed by atoms with van der Waals surface area (Å²) in [5, 5.41) is 9.95. The lowest BCUT2D eigenvalue weighted by atomic mass is 10.1. The minimum atomic E-state index is -1.05. The number of fused-ring (bicyclic) bond motifs is 1. The standard InChI is InChI=1S/C22H20ClFN4O2S/c1-22(2,30-18-8-6-15(23)7-9-18)20(29)25-11-10-17-13-31-21-26-19(27-28(17)21)14-4-3-5-16(24)12-14/h3-9,12-13H,10-11H2,1-2H3,(H,25,29). The number of amides is 1. The van der Waals surface area contributed by atoms with Crippen LogP contribution in [0.4, 0.5) is 4.39 Å². The Kier molecular flexibility index (Phi) is 5.93. The van der Waals surface area contributed by atoms with Gasteiger partial charge in [-0.15, -0.1) is 16.4 Å². The summed E-state index contributed by atoms with van der Waals surface area (Å²) in [4.78, 5) is 17.8. The van der Waals surface area contributed by atoms with Crippen LogP contribution in [0.5, 0.6) is 5.75 Å². The van der Waals surface area contributed by atoms with E-state index in [4.69, 9.17) is 16.3 Å². The number of halogens is 2. The molecule has 0 saturated carbocycles. The van der Waals surface area contributed by atoms with Crippen LogP contribution in [0, 0.1) is 5.82 Å². The fourth-order valence-corrected chi connectivity index (χ4v) is 3.99. The van der Waals surface area contributed by atoms with Crippen molar-refractivity contribution in [3.8, 4) is 17.1 Å². The first-order valence-electron chi connectivity index (χ1n) is 9.64. The van der Waals surface area contributed by atoms with E-state index in [0.717, 1.165) is 5.69 Å². The molecule has 2 aromatic carbocycles. The molecule has 160 valence electrons. The number of benzene rings is 2. The Bertz CT molecular complexity index is 1220. The van der Waals surface area contributed by atoms with E-state index in [1.54, 1.807) is 54.8 Å². The number of carbonyl (C=O) groups is 1. The molecule has 0 bridgehead atoms. The van der Waals surface area contributed by atoms with Crippen molar-refractivity contribution in [1.29, 1.82) is 0 Å². The van der Waals surface area contributed by atoms with Crippen LogP contribution in [0.2, 0.25) is 5.02 Å². The number of thiazole rings is 1. The maximum Gasteiger partial charge on any atom is 0.263 e. The fraction of sp³-hybridized carbons (Fsp3) is 0.227. The minimum absolute atomic E-state index is 0.229. The molecule has 6 nitrogen and oxygen atoms in total. The smallest absolute Gasteiger partial charge is 0.263 e. The Morgan fingerprint density at radius 3 is 2.77 bits per heavy atom. The van der Waals surface area contributed by atoms with Crippen molar-refractivity contribution in [3.05, 3.63) is 70.4 Å². The molecule has 4 rings (SSSR count). The van der Waals surface area contributed by atoms with Gasteiger partial charge in [0.15, 0.2) is 11.4 Å². The van der Waals surface area contributed by atoms with Crippen molar-refractivity contribution >= 4 is 33.8 Å². The lowest BCUT2D eigenvalue weighted by molar-refractivity contribution is -0.134. The van der Waals surface area contributed by atoms with Gasteiger partial charge in [0, 0.05) is 28.9 Å². The third-order valence-electron chi connectivity index (χ3n) is 4.63. The van der Waals surface area contributed by atoms with Crippen molar-refractivity contribution in [3.63, 3.8) is 0 Å². The first-order valence-corrected chi connectivity index (χ1v) is 10.9. The highest BCUT2D eigenvalue weighted by Crippen LogP contribution is 2.23. The molecule has 0 fully saturated rings. The molecule has 0 spiro atoms. The summed E-state index contributed by atoms with van der Waals surface area (Å²) in [7, 11) is 0. The number of hydrogen-bond acceptors (Lipinski definition) is 5. The SMILES string of the molecule is CC(C)(Oc1ccc(Cl)cc1)C(=O)NCCc1csc2nc(-c3cccc(F)c3)nn12. The molecule has 0 aliphatic rings. The predicted molar refractivity (Wildman–Crippen MR) is 119 cm³/mol. The first kappa shape index (κ1) is 21.3. The molecule has 0 radical (unpaired) electrons. The number of rotatable bonds is 7. The molecule has 0 unspecified atom stereocenters. The Morgan fingerprint density at radius 1 is 1.26 bits per heavy atom. The summed E-state index contributed by atoms with van der Waals surface area (Å²) in [5.74, 6) is 0.473. The third kappa shape index (κ3) is 4.86. The Morgan fingerprint density at radius 2 is 2.03 bits per heavy atom. The summed E-state index contributed by atoms with van der Waals surface area (Å²) >= 11 is 7.33. The van der Waals surface area contributed by atoms with Gasteiger partial charge >= 0.3 is 0 Å². The Balaban J connectivity index is 1.38. The molecule has 4 aromatic rings. The molecular weight excluding hydrogens is 439 g/mol. The highest BCUT2D eigenvalue weighted by Gasteiger charge is 2.29. The number of nitrogens with one attached hydrogen (secondary N) is 1. The van der Waals surface area contributed by atoms with Crippen molar-refractivity contribution in [1.82, 2.24) is 19.9 Å². The third-order valence-corrected chi connectivity index (χ3v) is 5.75. The highest BCUT2D eigenvalue weighted by atomic mass is 35.5. The minimum Gasteiger partial charge on any atom is -0.478 e. The van der Waals surface area contributed by atoms with Crippen molar-refractivity contribution < 1.29 is 13.9 Å². The molecule has 2 aromatic heterocycles. The number of carbonyl (C=O) groups excluding carboxylic acids is 1. The van der Waals surface area contributed by atoms with Gasteiger partial charge in [0.1, 0.15) is 11.6 Å². The van der Waals surface area contributed by atoms with Gasteiger partial charge in [-0.2, -0.15) is 4.98 Å². The normalized spacial score (nSPS) is 11.6. The molecule has 0 saturated heterocycles. The summed E-state index contributed by atoms with van der Waals surface area (Å²) in [5.41, 5.74) is 0.485. The molecule has 1 N–H and O–H groups in total. The lowest BCUT2D eigenvalue weighted by Crippen LogP contribution is -2.47. The van der Waals surface area contributed by atoms with Crippen LogP contribution >= 0.6 is 22.9 Å². The fourth-order valence-electron chi connectivity index (χ4n) is 3.01. The summed E-state index contributed by atoms with van der Waals surface area (Å²) in [6.07, 6.45) is 0.564. The zero-order chi connectivity index (χ0) is 22.0. The maximum absolute atomic E-state index is 13.5. The molecular formula is C22H20ClFN4O2S. The highest BCUT2D eigenvalue weighted by molar-refractivity contribution is 7.15. The predicted octanol–water partition coefficient (Wildman–Crippen LogP) is 4.77. The summed E-state index contributed by atoms with van der Waals surface area (Å²) in [6.45, 7) is 3.83. The van der Waals surface area contributed by atoms with Crippen molar-refractivity contribution in [2.75, 3.05) is 6.54 Å². The van der Waals surface area contributed by atoms with E-state index in [2.05, 4.69) is 15.4 Å². The number of ether oxygens (including phenoxy) is 1. The lowest BCUT2D eigenvalue weighted by Gasteiger charge is -2.25. The molecule has 0 aliphatic heterocycles. The first-order chi connectivity index (χ1) is 14.8. The van der Waals surface area contributed by atoms with Gasteiger partial charge in [-0.25, -0.2) is 8.91 Å². The molecule has 2 heterocycles. The van der Waals surface area contributed by atoms with E-state index in [9.17, 15) is 9.18 Å². The van der Waals surface area contributed by atoms with Crippen LogP contribution in [-0.4, -0.2) is 32.7 Å². The Hall–Kier alpha value is -2.97. The maximum atomic E-state index is 13.5. The summed E-state index contributed by atoms with van der Waals surface area (Å²) < 4.78 is 21.0. The van der Waals surface area contributed by atoms with Gasteiger partial charge in [0.05, 0.1) is 5.69 Å². The molecule has 0 aliphatic carbocycles. The van der Waals surface area contributed by atoms with E-state index in [1.807, 2.05) is 5.38 Å². The van der Waals surface area contributed by atoms with Crippen molar-refractivity contribution in [2.45, 2.75) is 25.9 Å². The van der Waals surface area contributed by atoms with Gasteiger partial charge in [-0.05, 0) is 50.2 Å². The van der Waals surface area contributed by atoms with E-state index in [0.29, 0.717) is 40.1 Å². The van der Waals surface area contributed by atoms with Crippen LogP contribution in [-0.2, 0) is 11.2 Å². The van der Waals surface area contributed by atoms with Gasteiger partial charge in [-0.3, -0.25) is 4.79 Å². The van der Waals surface area contributed by atoms with Crippen LogP contribution in [0.15, 0.2) is 53.9 Å². The zero-order valence-corrected chi connectivity index (χ0v) is 18.5. The topological polar surface area (TPSA) is 68.5 Å². The molecule has 1 amide bonds. The second-order valence-corrected chi connectivity index (χ2v) is 8.71. The van der Waals surface area contributed by atoms with Gasteiger partial charge < -0.3 is 10.1 Å². The van der Waals surface area contributed by atoms with E-state index >= 15 is 0 Å². The number of aromatic nitrogens is 3.